The normalized spacial score (nSPS) is 14.6. The molecule has 294 valence electrons. The third-order valence-electron chi connectivity index (χ3n) is 14.4. The summed E-state index contributed by atoms with van der Waals surface area (Å²) in [5.41, 5.74) is 21.8. The van der Waals surface area contributed by atoms with E-state index in [9.17, 15) is 0 Å². The molecule has 8 aromatic carbocycles. The predicted octanol–water partition coefficient (Wildman–Crippen LogP) is 13.8. The van der Waals surface area contributed by atoms with Crippen molar-refractivity contribution in [2.75, 3.05) is 4.81 Å². The molecule has 2 aliphatic heterocycles. The van der Waals surface area contributed by atoms with Gasteiger partial charge in [-0.05, 0) is 104 Å². The van der Waals surface area contributed by atoms with Crippen molar-refractivity contribution in [3.8, 4) is 38.5 Å². The lowest BCUT2D eigenvalue weighted by molar-refractivity contribution is 0.590. The van der Waals surface area contributed by atoms with Crippen LogP contribution in [0.5, 0.6) is 0 Å². The van der Waals surface area contributed by atoms with Crippen LogP contribution < -0.4 is 15.7 Å². The first-order valence-electron chi connectivity index (χ1n) is 21.7. The smallest absolute Gasteiger partial charge is 0.333 e. The Balaban J connectivity index is 1.14. The van der Waals surface area contributed by atoms with E-state index in [1.165, 1.54) is 87.8 Å². The molecule has 0 unspecified atom stereocenters. The Bertz CT molecular complexity index is 3770. The van der Waals surface area contributed by atoms with Crippen molar-refractivity contribution < 1.29 is 4.42 Å². The Morgan fingerprint density at radius 1 is 0.613 bits per heavy atom. The van der Waals surface area contributed by atoms with Gasteiger partial charge in [0.25, 0.3) is 0 Å². The Morgan fingerprint density at radius 3 is 2.24 bits per heavy atom. The number of benzene rings is 8. The highest BCUT2D eigenvalue weighted by Crippen LogP contribution is 2.53. The van der Waals surface area contributed by atoms with Crippen LogP contribution in [0.2, 0.25) is 0 Å². The number of nitrogens with zero attached hydrogens (tertiary/aromatic N) is 3. The number of thiazole rings is 1. The van der Waals surface area contributed by atoms with E-state index in [1.807, 2.05) is 0 Å². The molecule has 0 bridgehead atoms. The zero-order valence-corrected chi connectivity index (χ0v) is 36.0. The van der Waals surface area contributed by atoms with Crippen LogP contribution in [0, 0.1) is 0 Å². The topological polar surface area (TPSA) is 34.2 Å². The van der Waals surface area contributed by atoms with Crippen molar-refractivity contribution >= 4 is 94.4 Å². The lowest BCUT2D eigenvalue weighted by Crippen LogP contribution is -2.60. The summed E-state index contributed by atoms with van der Waals surface area (Å²) in [6.45, 7) is 11.5. The van der Waals surface area contributed by atoms with Crippen LogP contribution in [-0.4, -0.2) is 16.4 Å². The first-order chi connectivity index (χ1) is 30.1. The van der Waals surface area contributed by atoms with Gasteiger partial charge in [0.05, 0.1) is 21.3 Å². The highest BCUT2D eigenvalue weighted by atomic mass is 32.1. The molecule has 5 heterocycles. The lowest BCUT2D eigenvalue weighted by Gasteiger charge is -2.42. The highest BCUT2D eigenvalue weighted by molar-refractivity contribution is 7.21. The van der Waals surface area contributed by atoms with E-state index in [2.05, 4.69) is 196 Å². The van der Waals surface area contributed by atoms with Crippen LogP contribution in [0.3, 0.4) is 0 Å². The number of aromatic nitrogens is 2. The molecular formula is C56H40BN3OS. The molecule has 0 N–H and O–H groups in total. The van der Waals surface area contributed by atoms with Gasteiger partial charge in [-0.1, -0.05) is 132 Å². The fourth-order valence-electron chi connectivity index (χ4n) is 11.3. The maximum Gasteiger partial charge on any atom is 0.333 e. The molecule has 0 fully saturated rings. The molecule has 0 saturated heterocycles. The van der Waals surface area contributed by atoms with Gasteiger partial charge in [0.2, 0.25) is 0 Å². The summed E-state index contributed by atoms with van der Waals surface area (Å²) in [5.74, 6) is 0. The summed E-state index contributed by atoms with van der Waals surface area (Å²) in [7, 11) is 0. The number of anilines is 2. The van der Waals surface area contributed by atoms with Gasteiger partial charge in [0.15, 0.2) is 0 Å². The quantitative estimate of drug-likeness (QED) is 0.163. The van der Waals surface area contributed by atoms with Crippen LogP contribution in [0.15, 0.2) is 156 Å². The second-order valence-electron chi connectivity index (χ2n) is 19.1. The van der Waals surface area contributed by atoms with Crippen LogP contribution in [0.4, 0.5) is 11.4 Å². The fraction of sp³-hybridized carbons (Fsp3) is 0.125. The Labute approximate surface area is 363 Å². The number of hydrogen-bond acceptors (Lipinski definition) is 4. The van der Waals surface area contributed by atoms with Gasteiger partial charge in [-0.2, -0.15) is 0 Å². The van der Waals surface area contributed by atoms with Gasteiger partial charge in [-0.25, -0.2) is 4.98 Å². The Kier molecular flexibility index (Phi) is 6.58. The van der Waals surface area contributed by atoms with E-state index in [1.54, 1.807) is 11.3 Å². The number of furan rings is 1. The first kappa shape index (κ1) is 34.8. The van der Waals surface area contributed by atoms with Gasteiger partial charge >= 0.3 is 6.85 Å². The number of hydrogen-bond donors (Lipinski definition) is 0. The monoisotopic (exact) mass is 813 g/mol. The maximum atomic E-state index is 6.63. The van der Waals surface area contributed by atoms with Crippen molar-refractivity contribution in [2.24, 2.45) is 0 Å². The van der Waals surface area contributed by atoms with Crippen LogP contribution >= 0.6 is 11.3 Å². The second-order valence-corrected chi connectivity index (χ2v) is 20.2. The standard InChI is InChI=1S/C56H40BN3OS/c1-55(2,3)32-19-21-33(22-20-32)60-47-26-41-35-16-10-12-18-49(35)61-50(41)27-40(47)36-23-24-37-39-25-38-34-15-9-11-17-42(34)56(4,5)43(38)28-46(39)59-48-30-51-45(29-44(48)57(60)52(36)53(37)59)58-54(62-51)31-13-7-6-8-14-31/h6-30H,1-5H3. The third kappa shape index (κ3) is 4.45. The summed E-state index contributed by atoms with van der Waals surface area (Å²) < 4.78 is 10.4. The highest BCUT2D eigenvalue weighted by Gasteiger charge is 2.45. The second kappa shape index (κ2) is 11.7. The summed E-state index contributed by atoms with van der Waals surface area (Å²) in [6, 6.07) is 56.8. The minimum absolute atomic E-state index is 0.0272. The molecule has 62 heavy (non-hydrogen) atoms. The predicted molar refractivity (Wildman–Crippen MR) is 262 cm³/mol. The molecule has 11 aromatic rings. The maximum absolute atomic E-state index is 6.63. The SMILES string of the molecule is CC(C)(C)c1ccc(N2B3c4cc5nc(-c6ccccc6)sc5cc4-n4c5cc6c(cc5c5ccc(c3c54)-c3cc4oc5ccccc5c4cc32)-c2ccccc2C6(C)C)cc1. The molecule has 6 heteroatoms. The van der Waals surface area contributed by atoms with Crippen LogP contribution in [0.25, 0.3) is 92.5 Å². The van der Waals surface area contributed by atoms with Crippen LogP contribution in [0.1, 0.15) is 51.3 Å². The minimum atomic E-state index is -0.130. The molecule has 1 aliphatic carbocycles. The van der Waals surface area contributed by atoms with E-state index >= 15 is 0 Å². The van der Waals surface area contributed by atoms with Gasteiger partial charge in [-0.3, -0.25) is 0 Å². The third-order valence-corrected chi connectivity index (χ3v) is 15.4. The van der Waals surface area contributed by atoms with E-state index in [4.69, 9.17) is 9.40 Å². The molecule has 3 aliphatic rings. The molecule has 0 saturated carbocycles. The van der Waals surface area contributed by atoms with Crippen molar-refractivity contribution in [1.82, 2.24) is 9.55 Å². The summed E-state index contributed by atoms with van der Waals surface area (Å²) in [4.78, 5) is 8.00. The van der Waals surface area contributed by atoms with Gasteiger partial charge in [0.1, 0.15) is 16.2 Å². The molecule has 0 spiro atoms. The molecular weight excluding hydrogens is 774 g/mol. The summed E-state index contributed by atoms with van der Waals surface area (Å²) in [5, 5.41) is 5.87. The molecule has 0 atom stereocenters. The Morgan fingerprint density at radius 2 is 1.40 bits per heavy atom. The van der Waals surface area contributed by atoms with Crippen molar-refractivity contribution in [3.05, 3.63) is 168 Å². The van der Waals surface area contributed by atoms with E-state index in [0.717, 1.165) is 43.7 Å². The average molecular weight is 814 g/mol. The van der Waals surface area contributed by atoms with Gasteiger partial charge < -0.3 is 13.8 Å². The molecule has 14 rings (SSSR count). The van der Waals surface area contributed by atoms with Crippen molar-refractivity contribution in [2.45, 2.75) is 45.4 Å². The molecule has 4 nitrogen and oxygen atoms in total. The number of rotatable bonds is 2. The summed E-state index contributed by atoms with van der Waals surface area (Å²) in [6.07, 6.45) is 0. The summed E-state index contributed by atoms with van der Waals surface area (Å²) >= 11 is 1.78. The van der Waals surface area contributed by atoms with E-state index in [0.29, 0.717) is 0 Å². The zero-order chi connectivity index (χ0) is 41.4. The fourth-order valence-corrected chi connectivity index (χ4v) is 12.3. The first-order valence-corrected chi connectivity index (χ1v) is 22.5. The average Bonchev–Trinajstić information content (AvgIpc) is 4.02. The van der Waals surface area contributed by atoms with Gasteiger partial charge in [-0.15, -0.1) is 11.3 Å². The largest absolute Gasteiger partial charge is 0.456 e. The number of fused-ring (bicyclic) bond motifs is 15. The molecule has 0 radical (unpaired) electrons. The van der Waals surface area contributed by atoms with E-state index < -0.39 is 0 Å². The van der Waals surface area contributed by atoms with Crippen LogP contribution in [-0.2, 0) is 10.8 Å². The molecule has 3 aromatic heterocycles. The number of para-hydroxylation sites is 1. The minimum Gasteiger partial charge on any atom is -0.456 e. The lowest BCUT2D eigenvalue weighted by atomic mass is 9.44. The van der Waals surface area contributed by atoms with Crippen molar-refractivity contribution in [3.63, 3.8) is 0 Å². The zero-order valence-electron chi connectivity index (χ0n) is 35.2. The Hall–Kier alpha value is -6.89. The van der Waals surface area contributed by atoms with Gasteiger partial charge in [0, 0.05) is 55.1 Å². The van der Waals surface area contributed by atoms with E-state index in [-0.39, 0.29) is 17.7 Å². The van der Waals surface area contributed by atoms with Crippen molar-refractivity contribution in [1.29, 1.82) is 0 Å². The molecule has 0 amide bonds.